The van der Waals surface area contributed by atoms with Crippen molar-refractivity contribution in [3.05, 3.63) is 35.4 Å². The predicted molar refractivity (Wildman–Crippen MR) is 119 cm³/mol. The summed E-state index contributed by atoms with van der Waals surface area (Å²) in [4.78, 5) is 23.0. The lowest BCUT2D eigenvalue weighted by Gasteiger charge is -2.32. The minimum Gasteiger partial charge on any atom is -0.481 e. The van der Waals surface area contributed by atoms with Gasteiger partial charge in [0.2, 0.25) is 0 Å². The van der Waals surface area contributed by atoms with Gasteiger partial charge in [-0.15, -0.1) is 10.2 Å². The number of carboxylic acid groups (broad SMARTS) is 1. The molecule has 0 fully saturated rings. The molecule has 0 aromatic heterocycles. The monoisotopic (exact) mass is 435 g/mol. The normalized spacial score (nSPS) is 12.8. The Labute approximate surface area is 182 Å². The van der Waals surface area contributed by atoms with Crippen molar-refractivity contribution in [2.45, 2.75) is 51.7 Å². The number of rotatable bonds is 13. The van der Waals surface area contributed by atoms with Crippen LogP contribution in [0.4, 0.5) is 0 Å². The lowest BCUT2D eigenvalue weighted by atomic mass is 10.0. The second kappa shape index (κ2) is 12.0. The molecule has 10 nitrogen and oxygen atoms in total. The molecule has 31 heavy (non-hydrogen) atoms. The van der Waals surface area contributed by atoms with Crippen LogP contribution in [0, 0.1) is 0 Å². The zero-order valence-corrected chi connectivity index (χ0v) is 18.6. The maximum Gasteiger partial charge on any atom is 0.303 e. The predicted octanol–water partition coefficient (Wildman–Crippen LogP) is 1.48. The SMILES string of the molecule is CC(C)(CCC(=O)O)OCC(C)(C)OCCNC(=O)c1ccc(/C(N)=N/N=C\N)cc1. The first-order valence-electron chi connectivity index (χ1n) is 9.91. The molecule has 0 aliphatic heterocycles. The van der Waals surface area contributed by atoms with Gasteiger partial charge in [-0.2, -0.15) is 0 Å². The highest BCUT2D eigenvalue weighted by Crippen LogP contribution is 2.20. The van der Waals surface area contributed by atoms with Crippen LogP contribution >= 0.6 is 0 Å². The highest BCUT2D eigenvalue weighted by atomic mass is 16.6. The topological polar surface area (TPSA) is 162 Å². The number of amides is 1. The first-order chi connectivity index (χ1) is 14.5. The smallest absolute Gasteiger partial charge is 0.303 e. The summed E-state index contributed by atoms with van der Waals surface area (Å²) in [6, 6.07) is 6.61. The van der Waals surface area contributed by atoms with E-state index < -0.39 is 17.2 Å². The van der Waals surface area contributed by atoms with Gasteiger partial charge in [-0.05, 0) is 46.2 Å². The van der Waals surface area contributed by atoms with E-state index in [0.717, 1.165) is 6.34 Å². The maximum absolute atomic E-state index is 12.3. The number of nitrogens with two attached hydrogens (primary N) is 2. The number of hydrogen-bond acceptors (Lipinski definition) is 6. The molecule has 0 unspecified atom stereocenters. The summed E-state index contributed by atoms with van der Waals surface area (Å²) in [6.07, 6.45) is 1.48. The largest absolute Gasteiger partial charge is 0.481 e. The number of ether oxygens (including phenoxy) is 2. The molecule has 0 saturated carbocycles. The third-order valence-corrected chi connectivity index (χ3v) is 4.31. The van der Waals surface area contributed by atoms with Crippen LogP contribution in [0.5, 0.6) is 0 Å². The van der Waals surface area contributed by atoms with E-state index in [0.29, 0.717) is 37.3 Å². The van der Waals surface area contributed by atoms with Crippen LogP contribution in [0.15, 0.2) is 34.5 Å². The minimum absolute atomic E-state index is 0.0440. The van der Waals surface area contributed by atoms with Crippen LogP contribution in [0.2, 0.25) is 0 Å². The summed E-state index contributed by atoms with van der Waals surface area (Å²) in [7, 11) is 0. The van der Waals surface area contributed by atoms with Crippen LogP contribution in [0.25, 0.3) is 0 Å². The maximum atomic E-state index is 12.3. The molecule has 0 saturated heterocycles. The first-order valence-corrected chi connectivity index (χ1v) is 9.91. The van der Waals surface area contributed by atoms with Crippen molar-refractivity contribution >= 4 is 24.1 Å². The van der Waals surface area contributed by atoms with E-state index in [9.17, 15) is 9.59 Å². The van der Waals surface area contributed by atoms with Gasteiger partial charge in [0, 0.05) is 24.1 Å². The fourth-order valence-electron chi connectivity index (χ4n) is 2.43. The molecule has 1 amide bonds. The Hall–Kier alpha value is -2.98. The summed E-state index contributed by atoms with van der Waals surface area (Å²) in [6.45, 7) is 8.37. The van der Waals surface area contributed by atoms with Crippen molar-refractivity contribution in [3.63, 3.8) is 0 Å². The number of carbonyl (C=O) groups excluding carboxylic acids is 1. The van der Waals surface area contributed by atoms with Crippen molar-refractivity contribution < 1.29 is 24.2 Å². The number of carboxylic acids is 1. The Balaban J connectivity index is 2.42. The lowest BCUT2D eigenvalue weighted by molar-refractivity contribution is -0.142. The summed E-state index contributed by atoms with van der Waals surface area (Å²) < 4.78 is 11.6. The minimum atomic E-state index is -0.852. The zero-order valence-electron chi connectivity index (χ0n) is 18.6. The Morgan fingerprint density at radius 1 is 1.10 bits per heavy atom. The van der Waals surface area contributed by atoms with Crippen LogP contribution in [0.1, 0.15) is 56.5 Å². The van der Waals surface area contributed by atoms with Gasteiger partial charge in [-0.1, -0.05) is 12.1 Å². The van der Waals surface area contributed by atoms with Crippen molar-refractivity contribution in [1.82, 2.24) is 5.32 Å². The number of nitrogens with one attached hydrogen (secondary N) is 1. The zero-order chi connectivity index (χ0) is 23.5. The molecule has 1 rings (SSSR count). The molecule has 6 N–H and O–H groups in total. The molecule has 0 bridgehead atoms. The summed E-state index contributed by atoms with van der Waals surface area (Å²) in [5.41, 5.74) is 10.8. The molecule has 172 valence electrons. The number of amidine groups is 1. The highest BCUT2D eigenvalue weighted by molar-refractivity contribution is 5.99. The number of nitrogens with zero attached hydrogens (tertiary/aromatic N) is 2. The van der Waals surface area contributed by atoms with Crippen LogP contribution in [-0.4, -0.2) is 60.1 Å². The van der Waals surface area contributed by atoms with Crippen molar-refractivity contribution in [2.75, 3.05) is 19.8 Å². The van der Waals surface area contributed by atoms with Gasteiger partial charge in [0.05, 0.1) is 24.4 Å². The van der Waals surface area contributed by atoms with Gasteiger partial charge in [0.15, 0.2) is 5.84 Å². The highest BCUT2D eigenvalue weighted by Gasteiger charge is 2.26. The van der Waals surface area contributed by atoms with E-state index in [4.69, 9.17) is 26.0 Å². The average molecular weight is 436 g/mol. The molecular weight excluding hydrogens is 402 g/mol. The van der Waals surface area contributed by atoms with Gasteiger partial charge < -0.3 is 31.4 Å². The quantitative estimate of drug-likeness (QED) is 0.158. The number of aliphatic carboxylic acids is 1. The molecule has 0 spiro atoms. The number of hydrogen-bond donors (Lipinski definition) is 4. The Kier molecular flexibility index (Phi) is 10.1. The van der Waals surface area contributed by atoms with Crippen molar-refractivity contribution in [3.8, 4) is 0 Å². The summed E-state index contributed by atoms with van der Waals surface area (Å²) in [5.74, 6) is -0.901. The lowest BCUT2D eigenvalue weighted by Crippen LogP contribution is -2.39. The molecule has 0 radical (unpaired) electrons. The van der Waals surface area contributed by atoms with Gasteiger partial charge in [0.25, 0.3) is 5.91 Å². The van der Waals surface area contributed by atoms with Gasteiger partial charge in [-0.3, -0.25) is 9.59 Å². The van der Waals surface area contributed by atoms with E-state index in [1.54, 1.807) is 24.3 Å². The van der Waals surface area contributed by atoms with E-state index in [1.165, 1.54) is 0 Å². The molecular formula is C21H33N5O5. The van der Waals surface area contributed by atoms with Crippen LogP contribution in [-0.2, 0) is 14.3 Å². The van der Waals surface area contributed by atoms with Crippen molar-refractivity contribution in [2.24, 2.45) is 21.7 Å². The van der Waals surface area contributed by atoms with E-state index >= 15 is 0 Å². The fraction of sp³-hybridized carbons (Fsp3) is 0.524. The van der Waals surface area contributed by atoms with Gasteiger partial charge in [-0.25, -0.2) is 0 Å². The molecule has 0 heterocycles. The van der Waals surface area contributed by atoms with E-state index in [-0.39, 0.29) is 18.2 Å². The molecule has 0 atom stereocenters. The molecule has 1 aromatic carbocycles. The second-order valence-electron chi connectivity index (χ2n) is 8.13. The molecule has 0 aliphatic carbocycles. The Bertz CT molecular complexity index is 788. The van der Waals surface area contributed by atoms with Crippen LogP contribution < -0.4 is 16.8 Å². The average Bonchev–Trinajstić information content (AvgIpc) is 2.72. The van der Waals surface area contributed by atoms with Gasteiger partial charge >= 0.3 is 5.97 Å². The summed E-state index contributed by atoms with van der Waals surface area (Å²) in [5, 5.41) is 18.8. The van der Waals surface area contributed by atoms with Crippen LogP contribution in [0.3, 0.4) is 0 Å². The molecule has 10 heteroatoms. The molecule has 0 aliphatic rings. The standard InChI is InChI=1S/C21H33N5O5/c1-20(2,10-9-17(27)28)31-13-21(3,4)30-12-11-24-19(29)16-7-5-15(6-8-16)18(23)26-25-14-22/h5-8,14H,9-13H2,1-4H3,(H2,22,25)(H2,23,26)(H,24,29)(H,27,28). The Morgan fingerprint density at radius 2 is 1.71 bits per heavy atom. The number of carbonyl (C=O) groups is 2. The van der Waals surface area contributed by atoms with E-state index in [1.807, 2.05) is 27.7 Å². The molecule has 1 aromatic rings. The fourth-order valence-corrected chi connectivity index (χ4v) is 2.43. The third-order valence-electron chi connectivity index (χ3n) is 4.31. The van der Waals surface area contributed by atoms with Crippen molar-refractivity contribution in [1.29, 1.82) is 0 Å². The van der Waals surface area contributed by atoms with E-state index in [2.05, 4.69) is 15.5 Å². The first kappa shape index (κ1) is 26.1. The Morgan fingerprint density at radius 3 is 2.29 bits per heavy atom. The van der Waals surface area contributed by atoms with Gasteiger partial charge in [0.1, 0.15) is 6.34 Å². The third kappa shape index (κ3) is 10.6. The second-order valence-corrected chi connectivity index (χ2v) is 8.13. The summed E-state index contributed by atoms with van der Waals surface area (Å²) >= 11 is 0. The number of benzene rings is 1.